The van der Waals surface area contributed by atoms with Gasteiger partial charge in [-0.15, -0.1) is 0 Å². The zero-order valence-corrected chi connectivity index (χ0v) is 15.5. The van der Waals surface area contributed by atoms with E-state index in [9.17, 15) is 9.59 Å². The molecule has 0 rings (SSSR count). The van der Waals surface area contributed by atoms with Crippen LogP contribution in [0.25, 0.3) is 0 Å². The molecule has 0 atom stereocenters. The van der Waals surface area contributed by atoms with Gasteiger partial charge in [-0.05, 0) is 67.5 Å². The number of ether oxygens (including phenoxy) is 2. The molecule has 2 amide bonds. The Morgan fingerprint density at radius 3 is 1.78 bits per heavy atom. The quantitative estimate of drug-likeness (QED) is 0.568. The number of amides is 2. The van der Waals surface area contributed by atoms with Crippen molar-refractivity contribution >= 4 is 12.2 Å². The molecule has 0 unspecified atom stereocenters. The van der Waals surface area contributed by atoms with Gasteiger partial charge in [0, 0.05) is 0 Å². The van der Waals surface area contributed by atoms with E-state index in [-0.39, 0.29) is 6.61 Å². The molecule has 23 heavy (non-hydrogen) atoms. The summed E-state index contributed by atoms with van der Waals surface area (Å²) in [4.78, 5) is 29.5. The average molecular weight is 332 g/mol. The van der Waals surface area contributed by atoms with Crippen LogP contribution in [0.3, 0.4) is 0 Å². The minimum absolute atomic E-state index is 0.204. The van der Waals surface area contributed by atoms with E-state index >= 15 is 0 Å². The van der Waals surface area contributed by atoms with Crippen LogP contribution in [-0.2, 0) is 14.3 Å². The summed E-state index contributed by atoms with van der Waals surface area (Å²) in [6.07, 6.45) is -0.0632. The summed E-state index contributed by atoms with van der Waals surface area (Å²) < 4.78 is 10.4. The van der Waals surface area contributed by atoms with Crippen LogP contribution in [0.4, 0.5) is 9.59 Å². The predicted molar refractivity (Wildman–Crippen MR) is 88.0 cm³/mol. The number of carbonyl (C=O) groups excluding carboxylic acids is 2. The molecule has 0 aromatic carbocycles. The Morgan fingerprint density at radius 2 is 1.39 bits per heavy atom. The van der Waals surface area contributed by atoms with Crippen molar-refractivity contribution in [1.29, 1.82) is 0 Å². The third-order valence-electron chi connectivity index (χ3n) is 2.26. The summed E-state index contributed by atoms with van der Waals surface area (Å²) in [6, 6.07) is 0. The molecule has 136 valence electrons. The first-order valence-corrected chi connectivity index (χ1v) is 8.06. The molecule has 0 aromatic heterocycles. The van der Waals surface area contributed by atoms with E-state index in [4.69, 9.17) is 14.3 Å². The van der Waals surface area contributed by atoms with E-state index in [0.29, 0.717) is 11.5 Å². The van der Waals surface area contributed by atoms with Crippen molar-refractivity contribution in [3.8, 4) is 0 Å². The lowest BCUT2D eigenvalue weighted by Crippen LogP contribution is -2.43. The third-order valence-corrected chi connectivity index (χ3v) is 2.26. The van der Waals surface area contributed by atoms with Crippen molar-refractivity contribution < 1.29 is 23.9 Å². The Morgan fingerprint density at radius 1 is 0.913 bits per heavy atom. The van der Waals surface area contributed by atoms with Gasteiger partial charge in [-0.1, -0.05) is 12.0 Å². The van der Waals surface area contributed by atoms with E-state index in [2.05, 4.69) is 12.2 Å². The minimum Gasteiger partial charge on any atom is -0.442 e. The fraction of sp³-hybridized carbons (Fsp3) is 0.875. The Labute approximate surface area is 139 Å². The number of imide groups is 1. The first-order valence-electron chi connectivity index (χ1n) is 8.06. The van der Waals surface area contributed by atoms with E-state index < -0.39 is 23.4 Å². The molecular formula is C16H32N2O5. The molecule has 0 aliphatic heterocycles. The lowest BCUT2D eigenvalue weighted by Gasteiger charge is -2.27. The molecular weight excluding hydrogens is 300 g/mol. The number of carbonyl (C=O) groups is 2. The van der Waals surface area contributed by atoms with Gasteiger partial charge in [0.15, 0.2) is 0 Å². The van der Waals surface area contributed by atoms with Gasteiger partial charge >= 0.3 is 12.2 Å². The van der Waals surface area contributed by atoms with Crippen LogP contribution >= 0.6 is 0 Å². The maximum Gasteiger partial charge on any atom is 0.444 e. The zero-order chi connectivity index (χ0) is 18.1. The van der Waals surface area contributed by atoms with Crippen LogP contribution in [0, 0.1) is 0 Å². The standard InChI is InChI=1S/C16H32N2O5/c1-8-10-17-11-9-12-21-18(13(19)22-15(2,3)4)14(20)23-16(5,6)7/h17H,8-12H2,1-7H3. The van der Waals surface area contributed by atoms with Gasteiger partial charge in [0.1, 0.15) is 11.2 Å². The second-order valence-corrected chi connectivity index (χ2v) is 7.19. The van der Waals surface area contributed by atoms with Gasteiger partial charge in [0.05, 0.1) is 6.61 Å². The summed E-state index contributed by atoms with van der Waals surface area (Å²) in [7, 11) is 0. The number of hydrogen-bond acceptors (Lipinski definition) is 6. The second-order valence-electron chi connectivity index (χ2n) is 7.19. The molecule has 0 bridgehead atoms. The lowest BCUT2D eigenvalue weighted by atomic mass is 10.2. The van der Waals surface area contributed by atoms with Crippen molar-refractivity contribution in [3.05, 3.63) is 0 Å². The monoisotopic (exact) mass is 332 g/mol. The first-order chi connectivity index (χ1) is 10.5. The molecule has 0 heterocycles. The highest BCUT2D eigenvalue weighted by molar-refractivity contribution is 5.86. The normalized spacial score (nSPS) is 12.0. The van der Waals surface area contributed by atoms with Crippen molar-refractivity contribution in [3.63, 3.8) is 0 Å². The summed E-state index contributed by atoms with van der Waals surface area (Å²) in [5, 5.41) is 3.76. The maximum absolute atomic E-state index is 12.1. The third kappa shape index (κ3) is 11.8. The van der Waals surface area contributed by atoms with Gasteiger partial charge in [-0.3, -0.25) is 4.84 Å². The highest BCUT2D eigenvalue weighted by Gasteiger charge is 2.32. The number of rotatable bonds is 7. The van der Waals surface area contributed by atoms with Crippen molar-refractivity contribution in [2.24, 2.45) is 0 Å². The average Bonchev–Trinajstić information content (AvgIpc) is 2.33. The highest BCUT2D eigenvalue weighted by atomic mass is 16.8. The van der Waals surface area contributed by atoms with Gasteiger partial charge < -0.3 is 14.8 Å². The number of nitrogens with one attached hydrogen (secondary N) is 1. The second kappa shape index (κ2) is 9.72. The molecule has 1 N–H and O–H groups in total. The number of nitrogens with zero attached hydrogens (tertiary/aromatic N) is 1. The maximum atomic E-state index is 12.1. The Hall–Kier alpha value is -1.34. The van der Waals surface area contributed by atoms with Crippen LogP contribution in [0.2, 0.25) is 0 Å². The molecule has 0 fully saturated rings. The van der Waals surface area contributed by atoms with Gasteiger partial charge in [0.2, 0.25) is 0 Å². The summed E-state index contributed by atoms with van der Waals surface area (Å²) in [6.45, 7) is 14.2. The van der Waals surface area contributed by atoms with Gasteiger partial charge in [-0.2, -0.15) is 0 Å². The van der Waals surface area contributed by atoms with Crippen LogP contribution in [0.5, 0.6) is 0 Å². The topological polar surface area (TPSA) is 77.1 Å². The largest absolute Gasteiger partial charge is 0.444 e. The van der Waals surface area contributed by atoms with Crippen LogP contribution in [0.15, 0.2) is 0 Å². The molecule has 7 nitrogen and oxygen atoms in total. The van der Waals surface area contributed by atoms with Gasteiger partial charge in [0.25, 0.3) is 0 Å². The first kappa shape index (κ1) is 21.7. The van der Waals surface area contributed by atoms with E-state index in [0.717, 1.165) is 19.5 Å². The summed E-state index contributed by atoms with van der Waals surface area (Å²) >= 11 is 0. The van der Waals surface area contributed by atoms with Crippen LogP contribution in [0.1, 0.15) is 61.3 Å². The summed E-state index contributed by atoms with van der Waals surface area (Å²) in [5.41, 5.74) is -1.47. The fourth-order valence-corrected chi connectivity index (χ4v) is 1.44. The Kier molecular flexibility index (Phi) is 9.16. The number of hydroxylamine groups is 2. The molecule has 0 saturated heterocycles. The minimum atomic E-state index is -0.881. The highest BCUT2D eigenvalue weighted by Crippen LogP contribution is 2.14. The predicted octanol–water partition coefficient (Wildman–Crippen LogP) is 3.48. The van der Waals surface area contributed by atoms with Crippen LogP contribution in [-0.4, -0.2) is 48.1 Å². The van der Waals surface area contributed by atoms with Gasteiger partial charge in [-0.25, -0.2) is 9.59 Å². The van der Waals surface area contributed by atoms with Crippen molar-refractivity contribution in [2.45, 2.75) is 72.5 Å². The van der Waals surface area contributed by atoms with Crippen molar-refractivity contribution in [2.75, 3.05) is 19.7 Å². The Bertz CT molecular complexity index is 344. The molecule has 0 aliphatic rings. The lowest BCUT2D eigenvalue weighted by molar-refractivity contribution is -0.138. The van der Waals surface area contributed by atoms with E-state index in [1.807, 2.05) is 0 Å². The molecule has 7 heteroatoms. The summed E-state index contributed by atoms with van der Waals surface area (Å²) in [5.74, 6) is 0. The molecule has 0 aliphatic carbocycles. The van der Waals surface area contributed by atoms with E-state index in [1.54, 1.807) is 41.5 Å². The zero-order valence-electron chi connectivity index (χ0n) is 15.5. The smallest absolute Gasteiger partial charge is 0.442 e. The van der Waals surface area contributed by atoms with Crippen LogP contribution < -0.4 is 5.32 Å². The molecule has 0 spiro atoms. The molecule has 0 aromatic rings. The fourth-order valence-electron chi connectivity index (χ4n) is 1.44. The number of hydrogen-bond donors (Lipinski definition) is 1. The Balaban J connectivity index is 4.61. The SMILES string of the molecule is CCCNCCCON(C(=O)OC(C)(C)C)C(=O)OC(C)(C)C. The molecule has 0 radical (unpaired) electrons. The molecule has 0 saturated carbocycles. The van der Waals surface area contributed by atoms with E-state index in [1.165, 1.54) is 0 Å². The van der Waals surface area contributed by atoms with Crippen molar-refractivity contribution in [1.82, 2.24) is 10.4 Å².